The lowest BCUT2D eigenvalue weighted by Crippen LogP contribution is -2.38. The van der Waals surface area contributed by atoms with Crippen molar-refractivity contribution in [3.63, 3.8) is 0 Å². The molecule has 4 rings (SSSR count). The summed E-state index contributed by atoms with van der Waals surface area (Å²) in [5.74, 6) is 0.907. The first-order chi connectivity index (χ1) is 11.6. The number of hydrogen-bond acceptors (Lipinski definition) is 2. The van der Waals surface area contributed by atoms with E-state index in [-0.39, 0.29) is 17.1 Å². The summed E-state index contributed by atoms with van der Waals surface area (Å²) in [7, 11) is 0. The van der Waals surface area contributed by atoms with Crippen molar-refractivity contribution in [2.24, 2.45) is 0 Å². The number of amides is 1. The smallest absolute Gasteiger partial charge is 0.234 e. The van der Waals surface area contributed by atoms with Gasteiger partial charge in [0.2, 0.25) is 5.91 Å². The van der Waals surface area contributed by atoms with Gasteiger partial charge in [0.05, 0.1) is 5.41 Å². The molecule has 124 valence electrons. The summed E-state index contributed by atoms with van der Waals surface area (Å²) >= 11 is 1.82. The predicted octanol–water partition coefficient (Wildman–Crippen LogP) is 4.44. The Hall–Kier alpha value is -1.81. The molecule has 2 fully saturated rings. The molecule has 2 aromatic rings. The van der Waals surface area contributed by atoms with Gasteiger partial charge in [-0.15, -0.1) is 11.8 Å². The monoisotopic (exact) mass is 341 g/mol. The van der Waals surface area contributed by atoms with E-state index in [0.717, 1.165) is 30.7 Å². The van der Waals surface area contributed by atoms with Gasteiger partial charge in [-0.3, -0.25) is 4.79 Å². The summed E-state index contributed by atoms with van der Waals surface area (Å²) in [6.45, 7) is 2.85. The van der Waals surface area contributed by atoms with Crippen molar-refractivity contribution in [3.8, 4) is 0 Å². The third kappa shape index (κ3) is 2.63. The quantitative estimate of drug-likeness (QED) is 0.822. The molecule has 1 unspecified atom stereocenters. The summed E-state index contributed by atoms with van der Waals surface area (Å²) in [5, 5.41) is 0.0935. The van der Waals surface area contributed by atoms with Crippen LogP contribution in [0.25, 0.3) is 0 Å². The fourth-order valence-electron chi connectivity index (χ4n) is 3.48. The van der Waals surface area contributed by atoms with E-state index in [1.807, 2.05) is 16.7 Å². The zero-order valence-electron chi connectivity index (χ0n) is 13.7. The summed E-state index contributed by atoms with van der Waals surface area (Å²) in [6, 6.07) is 14.9. The minimum absolute atomic E-state index is 0.0935. The van der Waals surface area contributed by atoms with Crippen LogP contribution in [0.15, 0.2) is 48.5 Å². The van der Waals surface area contributed by atoms with Gasteiger partial charge in [0.1, 0.15) is 11.2 Å². The largest absolute Gasteiger partial charge is 0.325 e. The Morgan fingerprint density at radius 3 is 2.42 bits per heavy atom. The highest BCUT2D eigenvalue weighted by atomic mass is 32.2. The Kier molecular flexibility index (Phi) is 3.87. The normalized spacial score (nSPS) is 21.8. The molecule has 0 spiro atoms. The second kappa shape index (κ2) is 5.92. The number of aryl methyl sites for hydroxylation is 1. The Balaban J connectivity index is 1.61. The van der Waals surface area contributed by atoms with Crippen LogP contribution in [0.3, 0.4) is 0 Å². The number of carbonyl (C=O) groups is 1. The molecule has 0 bridgehead atoms. The number of hydrogen-bond donors (Lipinski definition) is 0. The average molecular weight is 341 g/mol. The number of thioether (sulfide) groups is 1. The van der Waals surface area contributed by atoms with Crippen molar-refractivity contribution in [1.82, 2.24) is 4.90 Å². The van der Waals surface area contributed by atoms with E-state index in [1.54, 1.807) is 12.1 Å². The number of halogens is 1. The lowest BCUT2D eigenvalue weighted by atomic mass is 9.94. The first-order valence-corrected chi connectivity index (χ1v) is 9.40. The molecule has 1 saturated carbocycles. The van der Waals surface area contributed by atoms with E-state index >= 15 is 0 Å². The molecule has 1 aliphatic heterocycles. The average Bonchev–Trinajstić information content (AvgIpc) is 3.26. The SMILES string of the molecule is Cc1ccc(C2SCCN2C(=O)C2(c3ccc(F)cc3)CC2)cc1. The van der Waals surface area contributed by atoms with Crippen LogP contribution in [-0.4, -0.2) is 23.1 Å². The molecule has 0 aromatic heterocycles. The Morgan fingerprint density at radius 1 is 1.12 bits per heavy atom. The standard InChI is InChI=1S/C20H20FNOS/c1-14-2-4-15(5-3-14)18-22(12-13-24-18)19(23)20(10-11-20)16-6-8-17(21)9-7-16/h2-9,18H,10-13H2,1H3. The van der Waals surface area contributed by atoms with E-state index in [9.17, 15) is 9.18 Å². The summed E-state index contributed by atoms with van der Waals surface area (Å²) < 4.78 is 13.2. The molecule has 0 radical (unpaired) electrons. The van der Waals surface area contributed by atoms with E-state index in [4.69, 9.17) is 0 Å². The van der Waals surface area contributed by atoms with Gasteiger partial charge >= 0.3 is 0 Å². The van der Waals surface area contributed by atoms with Crippen molar-refractivity contribution in [2.75, 3.05) is 12.3 Å². The molecule has 1 atom stereocenters. The van der Waals surface area contributed by atoms with Crippen LogP contribution in [0.1, 0.15) is 34.9 Å². The van der Waals surface area contributed by atoms with Crippen LogP contribution >= 0.6 is 11.8 Å². The van der Waals surface area contributed by atoms with E-state index in [1.165, 1.54) is 23.3 Å². The molecule has 1 aliphatic carbocycles. The van der Waals surface area contributed by atoms with Gasteiger partial charge in [-0.2, -0.15) is 0 Å². The zero-order chi connectivity index (χ0) is 16.7. The number of rotatable bonds is 3. The van der Waals surface area contributed by atoms with Gasteiger partial charge in [-0.05, 0) is 43.0 Å². The Bertz CT molecular complexity index is 752. The maximum Gasteiger partial charge on any atom is 0.234 e. The van der Waals surface area contributed by atoms with Crippen LogP contribution in [0.2, 0.25) is 0 Å². The fraction of sp³-hybridized carbons (Fsp3) is 0.350. The van der Waals surface area contributed by atoms with E-state index in [0.29, 0.717) is 0 Å². The van der Waals surface area contributed by atoms with Gasteiger partial charge in [-0.1, -0.05) is 42.0 Å². The molecule has 1 saturated heterocycles. The first-order valence-electron chi connectivity index (χ1n) is 8.35. The van der Waals surface area contributed by atoms with Crippen LogP contribution in [0.5, 0.6) is 0 Å². The third-order valence-corrected chi connectivity index (χ3v) is 6.33. The van der Waals surface area contributed by atoms with Gasteiger partial charge in [0.25, 0.3) is 0 Å². The Labute approximate surface area is 146 Å². The molecular formula is C20H20FNOS. The molecule has 24 heavy (non-hydrogen) atoms. The molecular weight excluding hydrogens is 321 g/mol. The van der Waals surface area contributed by atoms with Crippen LogP contribution < -0.4 is 0 Å². The van der Waals surface area contributed by atoms with Crippen molar-refractivity contribution < 1.29 is 9.18 Å². The topological polar surface area (TPSA) is 20.3 Å². The van der Waals surface area contributed by atoms with Gasteiger partial charge < -0.3 is 4.90 Å². The van der Waals surface area contributed by atoms with E-state index in [2.05, 4.69) is 31.2 Å². The van der Waals surface area contributed by atoms with E-state index < -0.39 is 5.41 Å². The highest BCUT2D eigenvalue weighted by molar-refractivity contribution is 7.99. The molecule has 2 nitrogen and oxygen atoms in total. The van der Waals surface area contributed by atoms with Crippen molar-refractivity contribution >= 4 is 17.7 Å². The zero-order valence-corrected chi connectivity index (χ0v) is 14.5. The highest BCUT2D eigenvalue weighted by Crippen LogP contribution is 2.52. The van der Waals surface area contributed by atoms with Crippen molar-refractivity contribution in [1.29, 1.82) is 0 Å². The number of carbonyl (C=O) groups excluding carboxylic acids is 1. The first kappa shape index (κ1) is 15.7. The minimum atomic E-state index is -0.429. The molecule has 0 N–H and O–H groups in total. The molecule has 2 aromatic carbocycles. The van der Waals surface area contributed by atoms with Gasteiger partial charge in [0.15, 0.2) is 0 Å². The minimum Gasteiger partial charge on any atom is -0.325 e. The molecule has 1 amide bonds. The van der Waals surface area contributed by atoms with Gasteiger partial charge in [-0.25, -0.2) is 4.39 Å². The molecule has 4 heteroatoms. The lowest BCUT2D eigenvalue weighted by molar-refractivity contribution is -0.134. The summed E-state index contributed by atoms with van der Waals surface area (Å²) in [6.07, 6.45) is 1.72. The second-order valence-corrected chi connectivity index (χ2v) is 7.91. The van der Waals surface area contributed by atoms with Crippen LogP contribution in [-0.2, 0) is 10.2 Å². The fourth-order valence-corrected chi connectivity index (χ4v) is 4.74. The lowest BCUT2D eigenvalue weighted by Gasteiger charge is -2.29. The van der Waals surface area contributed by atoms with Crippen molar-refractivity contribution in [2.45, 2.75) is 30.6 Å². The maximum atomic E-state index is 13.3. The second-order valence-electron chi connectivity index (χ2n) is 6.72. The van der Waals surface area contributed by atoms with Crippen molar-refractivity contribution in [3.05, 3.63) is 71.0 Å². The van der Waals surface area contributed by atoms with Crippen LogP contribution in [0, 0.1) is 12.7 Å². The Morgan fingerprint density at radius 2 is 1.79 bits per heavy atom. The highest BCUT2D eigenvalue weighted by Gasteiger charge is 2.54. The summed E-state index contributed by atoms with van der Waals surface area (Å²) in [5.41, 5.74) is 2.94. The van der Waals surface area contributed by atoms with Gasteiger partial charge in [0, 0.05) is 12.3 Å². The molecule has 1 heterocycles. The number of benzene rings is 2. The molecule has 2 aliphatic rings. The van der Waals surface area contributed by atoms with Crippen LogP contribution in [0.4, 0.5) is 4.39 Å². The third-order valence-electron chi connectivity index (χ3n) is 5.07. The summed E-state index contributed by atoms with van der Waals surface area (Å²) in [4.78, 5) is 15.3. The maximum absolute atomic E-state index is 13.3. The predicted molar refractivity (Wildman–Crippen MR) is 95.4 cm³/mol. The number of nitrogens with zero attached hydrogens (tertiary/aromatic N) is 1.